The van der Waals surface area contributed by atoms with Crippen molar-refractivity contribution in [1.82, 2.24) is 14.9 Å². The Morgan fingerprint density at radius 1 is 1.03 bits per heavy atom. The molecule has 0 atom stereocenters. The summed E-state index contributed by atoms with van der Waals surface area (Å²) >= 11 is 0. The van der Waals surface area contributed by atoms with E-state index in [-0.39, 0.29) is 10.3 Å². The number of halogens is 1. The van der Waals surface area contributed by atoms with Crippen molar-refractivity contribution in [3.05, 3.63) is 83.2 Å². The maximum atomic E-state index is 13.1. The second kappa shape index (κ2) is 8.60. The van der Waals surface area contributed by atoms with E-state index in [1.807, 2.05) is 18.5 Å². The zero-order chi connectivity index (χ0) is 22.9. The molecule has 0 amide bonds. The second-order valence-electron chi connectivity index (χ2n) is 9.14. The van der Waals surface area contributed by atoms with Gasteiger partial charge >= 0.3 is 0 Å². The maximum Gasteiger partial charge on any atom is 0.261 e. The van der Waals surface area contributed by atoms with Crippen molar-refractivity contribution < 1.29 is 12.8 Å². The highest BCUT2D eigenvalue weighted by Crippen LogP contribution is 2.25. The fourth-order valence-corrected chi connectivity index (χ4v) is 4.75. The predicted molar refractivity (Wildman–Crippen MR) is 122 cm³/mol. The van der Waals surface area contributed by atoms with E-state index in [0.29, 0.717) is 18.8 Å². The van der Waals surface area contributed by atoms with Crippen LogP contribution < -0.4 is 4.72 Å². The Morgan fingerprint density at radius 2 is 1.72 bits per heavy atom. The Balaban J connectivity index is 1.44. The fourth-order valence-electron chi connectivity index (χ4n) is 3.65. The van der Waals surface area contributed by atoms with Crippen molar-refractivity contribution in [3.63, 3.8) is 0 Å². The molecule has 1 aliphatic rings. The third-order valence-electron chi connectivity index (χ3n) is 5.61. The molecule has 8 heteroatoms. The minimum absolute atomic E-state index is 0.0200. The quantitative estimate of drug-likeness (QED) is 0.623. The summed E-state index contributed by atoms with van der Waals surface area (Å²) in [5.74, 6) is 0.367. The number of sulfonamides is 1. The van der Waals surface area contributed by atoms with Crippen LogP contribution in [-0.2, 0) is 34.9 Å². The summed E-state index contributed by atoms with van der Waals surface area (Å²) in [6.45, 7) is 8.57. The number of nitrogens with one attached hydrogen (secondary N) is 1. The molecule has 2 aromatic carbocycles. The summed E-state index contributed by atoms with van der Waals surface area (Å²) in [5, 5.41) is 0. The van der Waals surface area contributed by atoms with Gasteiger partial charge in [0.05, 0.1) is 11.4 Å². The lowest BCUT2D eigenvalue weighted by Crippen LogP contribution is -2.31. The summed E-state index contributed by atoms with van der Waals surface area (Å²) in [6, 6.07) is 10.5. The van der Waals surface area contributed by atoms with Crippen molar-refractivity contribution in [2.45, 2.75) is 50.6 Å². The molecule has 0 spiro atoms. The molecule has 0 saturated carbocycles. The molecule has 1 aromatic heterocycles. The van der Waals surface area contributed by atoms with E-state index in [1.165, 1.54) is 24.3 Å². The van der Waals surface area contributed by atoms with Crippen molar-refractivity contribution in [1.29, 1.82) is 0 Å². The average molecular weight is 455 g/mol. The highest BCUT2D eigenvalue weighted by atomic mass is 32.2. The first-order valence-corrected chi connectivity index (χ1v) is 12.0. The summed E-state index contributed by atoms with van der Waals surface area (Å²) in [6.07, 6.45) is 4.53. The van der Waals surface area contributed by atoms with Crippen molar-refractivity contribution in [3.8, 4) is 0 Å². The smallest absolute Gasteiger partial charge is 0.261 e. The maximum absolute atomic E-state index is 13.1. The number of hydrogen-bond acceptors (Lipinski definition) is 5. The fraction of sp³-hybridized carbons (Fsp3) is 0.333. The molecule has 0 bridgehead atoms. The van der Waals surface area contributed by atoms with Crippen LogP contribution in [0.5, 0.6) is 0 Å². The van der Waals surface area contributed by atoms with Gasteiger partial charge in [-0.05, 0) is 64.9 Å². The Bertz CT molecular complexity index is 1200. The topological polar surface area (TPSA) is 75.2 Å². The number of nitrogens with zero attached hydrogens (tertiary/aromatic N) is 3. The van der Waals surface area contributed by atoms with Crippen LogP contribution in [0.3, 0.4) is 0 Å². The van der Waals surface area contributed by atoms with Crippen molar-refractivity contribution >= 4 is 15.7 Å². The van der Waals surface area contributed by atoms with Gasteiger partial charge in [0.25, 0.3) is 10.0 Å². The zero-order valence-corrected chi connectivity index (χ0v) is 19.3. The monoisotopic (exact) mass is 454 g/mol. The number of anilines is 1. The van der Waals surface area contributed by atoms with Gasteiger partial charge in [0, 0.05) is 31.2 Å². The second-order valence-corrected chi connectivity index (χ2v) is 10.8. The Morgan fingerprint density at radius 3 is 2.38 bits per heavy atom. The van der Waals surface area contributed by atoms with E-state index in [4.69, 9.17) is 0 Å². The number of benzene rings is 2. The van der Waals surface area contributed by atoms with Gasteiger partial charge in [-0.1, -0.05) is 26.8 Å². The first kappa shape index (κ1) is 22.4. The standard InChI is InChI=1S/C24H27FN4O2S/c1-24(2,3)19-13-26-23(27-14-19)16-29-11-10-17-12-22(9-4-18(17)15-29)32(30,31)28-21-7-5-20(25)6-8-21/h4-9,12-14,28H,10-11,15-16H2,1-3H3. The van der Waals surface area contributed by atoms with Gasteiger partial charge in [0.15, 0.2) is 0 Å². The lowest BCUT2D eigenvalue weighted by Gasteiger charge is -2.28. The molecule has 1 aliphatic heterocycles. The lowest BCUT2D eigenvalue weighted by atomic mass is 9.89. The van der Waals surface area contributed by atoms with E-state index in [1.54, 1.807) is 12.1 Å². The van der Waals surface area contributed by atoms with E-state index in [0.717, 1.165) is 35.5 Å². The van der Waals surface area contributed by atoms with Crippen molar-refractivity contribution in [2.75, 3.05) is 11.3 Å². The third kappa shape index (κ3) is 5.14. The largest absolute Gasteiger partial charge is 0.291 e. The molecule has 0 aliphatic carbocycles. The van der Waals surface area contributed by atoms with Crippen LogP contribution >= 0.6 is 0 Å². The minimum Gasteiger partial charge on any atom is -0.291 e. The van der Waals surface area contributed by atoms with Gasteiger partial charge in [-0.25, -0.2) is 22.8 Å². The molecule has 6 nitrogen and oxygen atoms in total. The minimum atomic E-state index is -3.74. The summed E-state index contributed by atoms with van der Waals surface area (Å²) in [4.78, 5) is 11.5. The van der Waals surface area contributed by atoms with Gasteiger partial charge in [0.2, 0.25) is 0 Å². The molecular formula is C24H27FN4O2S. The van der Waals surface area contributed by atoms with Gasteiger partial charge in [-0.15, -0.1) is 0 Å². The Kier molecular flexibility index (Phi) is 6.01. The first-order valence-electron chi connectivity index (χ1n) is 10.5. The van der Waals surface area contributed by atoms with Crippen LogP contribution in [0.25, 0.3) is 0 Å². The van der Waals surface area contributed by atoms with Crippen LogP contribution in [0.2, 0.25) is 0 Å². The van der Waals surface area contributed by atoms with Gasteiger partial charge < -0.3 is 0 Å². The molecule has 168 valence electrons. The molecule has 2 heterocycles. The first-order chi connectivity index (χ1) is 15.1. The molecule has 3 aromatic rings. The molecule has 4 rings (SSSR count). The molecule has 32 heavy (non-hydrogen) atoms. The van der Waals surface area contributed by atoms with E-state index in [2.05, 4.69) is 40.4 Å². The number of aromatic nitrogens is 2. The van der Waals surface area contributed by atoms with Crippen LogP contribution in [0.15, 0.2) is 59.8 Å². The molecule has 1 N–H and O–H groups in total. The van der Waals surface area contributed by atoms with E-state index >= 15 is 0 Å². The van der Waals surface area contributed by atoms with E-state index < -0.39 is 15.8 Å². The summed E-state index contributed by atoms with van der Waals surface area (Å²) < 4.78 is 41.1. The third-order valence-corrected chi connectivity index (χ3v) is 6.99. The number of rotatable bonds is 5. The van der Waals surface area contributed by atoms with Crippen LogP contribution in [0.4, 0.5) is 10.1 Å². The molecule has 0 radical (unpaired) electrons. The Hall–Kier alpha value is -2.84. The van der Waals surface area contributed by atoms with Crippen molar-refractivity contribution in [2.24, 2.45) is 0 Å². The molecule has 0 saturated heterocycles. The normalized spacial score (nSPS) is 14.8. The van der Waals surface area contributed by atoms with Crippen LogP contribution in [0, 0.1) is 5.82 Å². The molecule has 0 unspecified atom stereocenters. The SMILES string of the molecule is CC(C)(C)c1cnc(CN2CCc3cc(S(=O)(=O)Nc4ccc(F)cc4)ccc3C2)nc1. The number of fused-ring (bicyclic) bond motifs is 1. The summed E-state index contributed by atoms with van der Waals surface area (Å²) in [7, 11) is -3.74. The van der Waals surface area contributed by atoms with Gasteiger partial charge in [0.1, 0.15) is 11.6 Å². The molecular weight excluding hydrogens is 427 g/mol. The average Bonchev–Trinajstić information content (AvgIpc) is 2.74. The lowest BCUT2D eigenvalue weighted by molar-refractivity contribution is 0.239. The number of hydrogen-bond donors (Lipinski definition) is 1. The van der Waals surface area contributed by atoms with E-state index in [9.17, 15) is 12.8 Å². The van der Waals surface area contributed by atoms with Crippen LogP contribution in [-0.4, -0.2) is 29.8 Å². The van der Waals surface area contributed by atoms with Gasteiger partial charge in [-0.3, -0.25) is 9.62 Å². The summed E-state index contributed by atoms with van der Waals surface area (Å²) in [5.41, 5.74) is 3.57. The van der Waals surface area contributed by atoms with Gasteiger partial charge in [-0.2, -0.15) is 0 Å². The highest BCUT2D eigenvalue weighted by molar-refractivity contribution is 7.92. The van der Waals surface area contributed by atoms with Crippen LogP contribution in [0.1, 0.15) is 43.3 Å². The molecule has 0 fully saturated rings. The Labute approximate surface area is 188 Å². The predicted octanol–water partition coefficient (Wildman–Crippen LogP) is 4.27. The highest BCUT2D eigenvalue weighted by Gasteiger charge is 2.22. The zero-order valence-electron chi connectivity index (χ0n) is 18.5.